The lowest BCUT2D eigenvalue weighted by Crippen LogP contribution is -2.54. The molecule has 2 aliphatic heterocycles. The molecule has 3 fully saturated rings. The summed E-state index contributed by atoms with van der Waals surface area (Å²) in [6.07, 6.45) is 4.71. The monoisotopic (exact) mass is 285 g/mol. The Morgan fingerprint density at radius 2 is 1.40 bits per heavy atom. The van der Waals surface area contributed by atoms with Gasteiger partial charge in [0.05, 0.1) is 0 Å². The van der Waals surface area contributed by atoms with Gasteiger partial charge in [-0.15, -0.1) is 0 Å². The molecule has 1 aliphatic carbocycles. The Hall–Kier alpha value is -0.750. The SMILES string of the molecule is CC1(C#N)OO[C@](C)([C@]2(C)OOC3(CCCCC3)O2)O1. The van der Waals surface area contributed by atoms with Gasteiger partial charge in [0.2, 0.25) is 5.79 Å². The van der Waals surface area contributed by atoms with E-state index in [0.717, 1.165) is 32.1 Å². The molecule has 0 amide bonds. The first kappa shape index (κ1) is 14.2. The summed E-state index contributed by atoms with van der Waals surface area (Å²) in [6.45, 7) is 4.72. The van der Waals surface area contributed by atoms with Crippen molar-refractivity contribution in [1.29, 1.82) is 5.26 Å². The minimum atomic E-state index is -1.49. The minimum Gasteiger partial charge on any atom is -0.308 e. The summed E-state index contributed by atoms with van der Waals surface area (Å²) < 4.78 is 11.6. The smallest absolute Gasteiger partial charge is 0.289 e. The quantitative estimate of drug-likeness (QED) is 0.684. The molecule has 112 valence electrons. The molecule has 3 rings (SSSR count). The van der Waals surface area contributed by atoms with E-state index in [4.69, 9.17) is 34.3 Å². The molecule has 0 aromatic heterocycles. The first-order chi connectivity index (χ1) is 9.35. The predicted molar refractivity (Wildman–Crippen MR) is 63.2 cm³/mol. The second-order valence-corrected chi connectivity index (χ2v) is 5.96. The van der Waals surface area contributed by atoms with E-state index < -0.39 is 23.1 Å². The molecular weight excluding hydrogens is 266 g/mol. The van der Waals surface area contributed by atoms with Crippen LogP contribution in [-0.4, -0.2) is 23.1 Å². The third kappa shape index (κ3) is 2.04. The Morgan fingerprint density at radius 1 is 0.800 bits per heavy atom. The highest BCUT2D eigenvalue weighted by Crippen LogP contribution is 2.50. The summed E-state index contributed by atoms with van der Waals surface area (Å²) >= 11 is 0. The average Bonchev–Trinajstić information content (AvgIpc) is 2.93. The van der Waals surface area contributed by atoms with Gasteiger partial charge in [0.25, 0.3) is 17.4 Å². The maximum absolute atomic E-state index is 9.03. The molecule has 3 atom stereocenters. The molecule has 7 nitrogen and oxygen atoms in total. The summed E-state index contributed by atoms with van der Waals surface area (Å²) in [5.74, 6) is -4.95. The zero-order chi connectivity index (χ0) is 14.5. The molecule has 1 saturated carbocycles. The molecule has 1 unspecified atom stereocenters. The van der Waals surface area contributed by atoms with Crippen molar-refractivity contribution in [2.75, 3.05) is 0 Å². The maximum Gasteiger partial charge on any atom is 0.289 e. The number of ether oxygens (including phenoxy) is 2. The molecular formula is C13H19NO6. The molecule has 0 aromatic rings. The Bertz CT molecular complexity index is 445. The lowest BCUT2D eigenvalue weighted by Gasteiger charge is -2.35. The van der Waals surface area contributed by atoms with Gasteiger partial charge in [-0.25, -0.2) is 0 Å². The van der Waals surface area contributed by atoms with Crippen LogP contribution in [0.2, 0.25) is 0 Å². The second-order valence-electron chi connectivity index (χ2n) is 5.96. The first-order valence-electron chi connectivity index (χ1n) is 6.90. The van der Waals surface area contributed by atoms with E-state index in [9.17, 15) is 0 Å². The fourth-order valence-electron chi connectivity index (χ4n) is 2.76. The summed E-state index contributed by atoms with van der Waals surface area (Å²) in [5.41, 5.74) is 0. The van der Waals surface area contributed by atoms with Crippen molar-refractivity contribution in [2.45, 2.75) is 76.0 Å². The molecule has 0 N–H and O–H groups in total. The van der Waals surface area contributed by atoms with E-state index in [1.54, 1.807) is 13.8 Å². The van der Waals surface area contributed by atoms with Crippen LogP contribution < -0.4 is 0 Å². The number of rotatable bonds is 1. The van der Waals surface area contributed by atoms with Crippen LogP contribution in [0.4, 0.5) is 0 Å². The molecule has 7 heteroatoms. The highest BCUT2D eigenvalue weighted by atomic mass is 17.3. The maximum atomic E-state index is 9.03. The molecule has 3 aliphatic rings. The van der Waals surface area contributed by atoms with Crippen LogP contribution in [0.3, 0.4) is 0 Å². The van der Waals surface area contributed by atoms with Gasteiger partial charge in [-0.3, -0.25) is 4.74 Å². The van der Waals surface area contributed by atoms with E-state index in [2.05, 4.69) is 0 Å². The van der Waals surface area contributed by atoms with Gasteiger partial charge in [0, 0.05) is 19.8 Å². The van der Waals surface area contributed by atoms with E-state index in [-0.39, 0.29) is 0 Å². The molecule has 2 heterocycles. The predicted octanol–water partition coefficient (Wildman–Crippen LogP) is 2.28. The van der Waals surface area contributed by atoms with Gasteiger partial charge in [0.1, 0.15) is 6.07 Å². The third-order valence-electron chi connectivity index (χ3n) is 4.13. The van der Waals surface area contributed by atoms with Crippen LogP contribution >= 0.6 is 0 Å². The van der Waals surface area contributed by atoms with Crippen LogP contribution in [0.15, 0.2) is 0 Å². The van der Waals surface area contributed by atoms with Crippen molar-refractivity contribution in [2.24, 2.45) is 0 Å². The zero-order valence-corrected chi connectivity index (χ0v) is 11.9. The van der Waals surface area contributed by atoms with Crippen molar-refractivity contribution in [3.63, 3.8) is 0 Å². The second kappa shape index (κ2) is 4.37. The van der Waals surface area contributed by atoms with Crippen LogP contribution in [0.5, 0.6) is 0 Å². The first-order valence-corrected chi connectivity index (χ1v) is 6.90. The molecule has 2 saturated heterocycles. The molecule has 1 spiro atoms. The summed E-state index contributed by atoms with van der Waals surface area (Å²) in [4.78, 5) is 21.0. The van der Waals surface area contributed by atoms with Crippen LogP contribution in [-0.2, 0) is 29.0 Å². The standard InChI is InChI=1S/C13H19NO6/c1-10(9-14)15-11(2,18-17-10)12(3)16-13(20-19-12)7-5-4-6-8-13/h4-8H2,1-3H3/t10?,11-,12+/m1/s1. The average molecular weight is 285 g/mol. The molecule has 0 radical (unpaired) electrons. The number of hydrogen-bond acceptors (Lipinski definition) is 7. The third-order valence-corrected chi connectivity index (χ3v) is 4.13. The lowest BCUT2D eigenvalue weighted by atomic mass is 9.94. The minimum absolute atomic E-state index is 0.756. The van der Waals surface area contributed by atoms with Gasteiger partial charge in [-0.2, -0.15) is 24.8 Å². The van der Waals surface area contributed by atoms with Crippen LogP contribution in [0.25, 0.3) is 0 Å². The van der Waals surface area contributed by atoms with Crippen molar-refractivity contribution in [3.8, 4) is 6.07 Å². The number of nitriles is 1. The van der Waals surface area contributed by atoms with E-state index in [0.29, 0.717) is 0 Å². The summed E-state index contributed by atoms with van der Waals surface area (Å²) in [7, 11) is 0. The lowest BCUT2D eigenvalue weighted by molar-refractivity contribution is -0.436. The Labute approximate surface area is 117 Å². The summed E-state index contributed by atoms with van der Waals surface area (Å²) in [5, 5.41) is 9.03. The van der Waals surface area contributed by atoms with Crippen molar-refractivity contribution in [3.05, 3.63) is 0 Å². The molecule has 0 aromatic carbocycles. The van der Waals surface area contributed by atoms with Gasteiger partial charge in [0.15, 0.2) is 0 Å². The number of hydrogen-bond donors (Lipinski definition) is 0. The van der Waals surface area contributed by atoms with Gasteiger partial charge >= 0.3 is 0 Å². The van der Waals surface area contributed by atoms with E-state index >= 15 is 0 Å². The molecule has 0 bridgehead atoms. The largest absolute Gasteiger partial charge is 0.308 e. The summed E-state index contributed by atoms with van der Waals surface area (Å²) in [6, 6.07) is 1.89. The van der Waals surface area contributed by atoms with Crippen LogP contribution in [0, 0.1) is 11.3 Å². The number of nitrogens with zero attached hydrogens (tertiary/aromatic N) is 1. The highest BCUT2D eigenvalue weighted by molar-refractivity contribution is 4.98. The van der Waals surface area contributed by atoms with Crippen molar-refractivity contribution < 1.29 is 29.0 Å². The van der Waals surface area contributed by atoms with Crippen LogP contribution in [0.1, 0.15) is 52.9 Å². The van der Waals surface area contributed by atoms with Crippen molar-refractivity contribution in [1.82, 2.24) is 0 Å². The van der Waals surface area contributed by atoms with Gasteiger partial charge in [-0.05, 0) is 26.7 Å². The zero-order valence-electron chi connectivity index (χ0n) is 11.9. The Balaban J connectivity index is 1.79. The van der Waals surface area contributed by atoms with E-state index in [1.807, 2.05) is 6.07 Å². The van der Waals surface area contributed by atoms with Crippen molar-refractivity contribution >= 4 is 0 Å². The highest BCUT2D eigenvalue weighted by Gasteiger charge is 2.67. The topological polar surface area (TPSA) is 79.2 Å². The normalized spacial score (nSPS) is 47.5. The molecule has 20 heavy (non-hydrogen) atoms. The fraction of sp³-hybridized carbons (Fsp3) is 0.923. The van der Waals surface area contributed by atoms with E-state index in [1.165, 1.54) is 6.92 Å². The Kier molecular flexibility index (Phi) is 3.10. The fourth-order valence-corrected chi connectivity index (χ4v) is 2.76. The van der Waals surface area contributed by atoms with Gasteiger partial charge < -0.3 is 4.74 Å². The van der Waals surface area contributed by atoms with Gasteiger partial charge in [-0.1, -0.05) is 6.42 Å². The Morgan fingerprint density at radius 3 is 2.00 bits per heavy atom.